The van der Waals surface area contributed by atoms with E-state index >= 15 is 0 Å². The van der Waals surface area contributed by atoms with Crippen LogP contribution in [0.2, 0.25) is 0 Å². The highest BCUT2D eigenvalue weighted by Gasteiger charge is 2.34. The van der Waals surface area contributed by atoms with E-state index in [-0.39, 0.29) is 37.5 Å². The van der Waals surface area contributed by atoms with Crippen molar-refractivity contribution in [3.63, 3.8) is 0 Å². The van der Waals surface area contributed by atoms with Gasteiger partial charge in [0.1, 0.15) is 12.4 Å². The lowest BCUT2D eigenvalue weighted by Gasteiger charge is -2.13. The number of amides is 2. The van der Waals surface area contributed by atoms with Gasteiger partial charge in [0.2, 0.25) is 0 Å². The molecule has 180 valence electrons. The van der Waals surface area contributed by atoms with Crippen molar-refractivity contribution in [2.75, 3.05) is 33.0 Å². The Morgan fingerprint density at radius 3 is 2.56 bits per heavy atom. The minimum absolute atomic E-state index is 0.154. The topological polar surface area (TPSA) is 91.4 Å². The second kappa shape index (κ2) is 12.1. The Hall–Kier alpha value is -3.46. The molecule has 1 aliphatic rings. The van der Waals surface area contributed by atoms with Crippen molar-refractivity contribution >= 4 is 35.0 Å². The standard InChI is InChI=1S/C25H27NO7S/c1-4-30-21-14-18(9-10-20(21)33-16-23(27)31-5-2)15-22-24(28)26(25(29)34-22)11-12-32-19-8-6-7-17(3)13-19/h6-10,13-15H,4-5,11-12,16H2,1-3H3/b22-15-. The fourth-order valence-corrected chi connectivity index (χ4v) is 4.01. The highest BCUT2D eigenvalue weighted by atomic mass is 32.2. The Bertz CT molecular complexity index is 1080. The van der Waals surface area contributed by atoms with Crippen molar-refractivity contribution in [3.8, 4) is 17.2 Å². The zero-order valence-corrected chi connectivity index (χ0v) is 20.2. The Labute approximate surface area is 202 Å². The van der Waals surface area contributed by atoms with Crippen molar-refractivity contribution in [1.29, 1.82) is 0 Å². The monoisotopic (exact) mass is 485 g/mol. The third-order valence-electron chi connectivity index (χ3n) is 4.66. The van der Waals surface area contributed by atoms with Gasteiger partial charge in [0.15, 0.2) is 18.1 Å². The number of esters is 1. The molecule has 0 N–H and O–H groups in total. The molecule has 1 heterocycles. The summed E-state index contributed by atoms with van der Waals surface area (Å²) in [4.78, 5) is 38.2. The molecule has 3 rings (SSSR count). The van der Waals surface area contributed by atoms with Crippen LogP contribution in [0.3, 0.4) is 0 Å². The van der Waals surface area contributed by atoms with Gasteiger partial charge in [-0.15, -0.1) is 0 Å². The first-order chi connectivity index (χ1) is 16.4. The van der Waals surface area contributed by atoms with E-state index in [1.807, 2.05) is 38.1 Å². The van der Waals surface area contributed by atoms with Crippen LogP contribution in [0.1, 0.15) is 25.0 Å². The number of aryl methyl sites for hydroxylation is 1. The largest absolute Gasteiger partial charge is 0.492 e. The third-order valence-corrected chi connectivity index (χ3v) is 5.57. The number of carbonyl (C=O) groups is 3. The molecule has 34 heavy (non-hydrogen) atoms. The van der Waals surface area contributed by atoms with Crippen molar-refractivity contribution in [2.24, 2.45) is 0 Å². The summed E-state index contributed by atoms with van der Waals surface area (Å²) in [6.45, 7) is 6.28. The highest BCUT2D eigenvalue weighted by molar-refractivity contribution is 8.18. The molecule has 8 nitrogen and oxygen atoms in total. The summed E-state index contributed by atoms with van der Waals surface area (Å²) >= 11 is 0.878. The fourth-order valence-electron chi connectivity index (χ4n) is 3.15. The van der Waals surface area contributed by atoms with E-state index in [4.69, 9.17) is 18.9 Å². The molecule has 9 heteroatoms. The van der Waals surface area contributed by atoms with Crippen LogP contribution in [-0.2, 0) is 14.3 Å². The van der Waals surface area contributed by atoms with E-state index in [0.29, 0.717) is 34.3 Å². The van der Waals surface area contributed by atoms with Gasteiger partial charge in [-0.2, -0.15) is 0 Å². The van der Waals surface area contributed by atoms with Crippen LogP contribution in [0.5, 0.6) is 17.2 Å². The van der Waals surface area contributed by atoms with Crippen molar-refractivity contribution in [3.05, 3.63) is 58.5 Å². The molecular formula is C25H27NO7S. The van der Waals surface area contributed by atoms with Crippen LogP contribution >= 0.6 is 11.8 Å². The number of hydrogen-bond acceptors (Lipinski definition) is 8. The van der Waals surface area contributed by atoms with Gasteiger partial charge < -0.3 is 18.9 Å². The number of nitrogens with zero attached hydrogens (tertiary/aromatic N) is 1. The Kier molecular flexibility index (Phi) is 8.98. The maximum absolute atomic E-state index is 12.8. The lowest BCUT2D eigenvalue weighted by molar-refractivity contribution is -0.145. The Morgan fingerprint density at radius 1 is 1.00 bits per heavy atom. The van der Waals surface area contributed by atoms with Gasteiger partial charge in [0, 0.05) is 0 Å². The summed E-state index contributed by atoms with van der Waals surface area (Å²) < 4.78 is 21.7. The molecule has 0 saturated carbocycles. The SMILES string of the molecule is CCOC(=O)COc1ccc(/C=C2\SC(=O)N(CCOc3cccc(C)c3)C2=O)cc1OCC. The predicted molar refractivity (Wildman–Crippen MR) is 129 cm³/mol. The molecule has 0 spiro atoms. The quantitative estimate of drug-likeness (QED) is 0.341. The second-order valence-corrected chi connectivity index (χ2v) is 8.22. The number of rotatable bonds is 11. The van der Waals surface area contributed by atoms with Gasteiger partial charge >= 0.3 is 5.97 Å². The molecule has 0 atom stereocenters. The molecule has 1 aliphatic heterocycles. The third kappa shape index (κ3) is 6.77. The summed E-state index contributed by atoms with van der Waals surface area (Å²) in [5.74, 6) is 0.647. The molecule has 2 amide bonds. The molecule has 2 aromatic carbocycles. The molecule has 1 fully saturated rings. The molecular weight excluding hydrogens is 458 g/mol. The zero-order chi connectivity index (χ0) is 24.5. The van der Waals surface area contributed by atoms with Crippen molar-refractivity contribution in [1.82, 2.24) is 4.90 Å². The second-order valence-electron chi connectivity index (χ2n) is 7.23. The molecule has 1 saturated heterocycles. The highest BCUT2D eigenvalue weighted by Crippen LogP contribution is 2.34. The van der Waals surface area contributed by atoms with E-state index in [1.165, 1.54) is 4.90 Å². The summed E-state index contributed by atoms with van der Waals surface area (Å²) in [5, 5.41) is -0.344. The van der Waals surface area contributed by atoms with Gasteiger partial charge in [-0.05, 0) is 74.0 Å². The first-order valence-corrected chi connectivity index (χ1v) is 11.7. The number of thioether (sulfide) groups is 1. The van der Waals surface area contributed by atoms with Gasteiger partial charge in [-0.1, -0.05) is 18.2 Å². The van der Waals surface area contributed by atoms with Crippen LogP contribution in [0.15, 0.2) is 47.4 Å². The van der Waals surface area contributed by atoms with E-state index in [2.05, 4.69) is 0 Å². The van der Waals surface area contributed by atoms with Gasteiger partial charge in [0.25, 0.3) is 11.1 Å². The van der Waals surface area contributed by atoms with Gasteiger partial charge in [-0.25, -0.2) is 4.79 Å². The molecule has 0 radical (unpaired) electrons. The Morgan fingerprint density at radius 2 is 1.82 bits per heavy atom. The number of hydrogen-bond donors (Lipinski definition) is 0. The van der Waals surface area contributed by atoms with Crippen LogP contribution < -0.4 is 14.2 Å². The zero-order valence-electron chi connectivity index (χ0n) is 19.4. The summed E-state index contributed by atoms with van der Waals surface area (Å²) in [6.07, 6.45) is 1.63. The molecule has 2 aromatic rings. The predicted octanol–water partition coefficient (Wildman–Crippen LogP) is 4.45. The summed E-state index contributed by atoms with van der Waals surface area (Å²) in [5.41, 5.74) is 1.73. The molecule has 0 bridgehead atoms. The first-order valence-electron chi connectivity index (χ1n) is 10.9. The van der Waals surface area contributed by atoms with Crippen LogP contribution in [-0.4, -0.2) is 55.0 Å². The minimum atomic E-state index is -0.478. The van der Waals surface area contributed by atoms with Crippen molar-refractivity contribution in [2.45, 2.75) is 20.8 Å². The van der Waals surface area contributed by atoms with Gasteiger partial charge in [-0.3, -0.25) is 14.5 Å². The maximum atomic E-state index is 12.8. The normalized spacial score (nSPS) is 14.4. The van der Waals surface area contributed by atoms with E-state index in [1.54, 1.807) is 31.2 Å². The maximum Gasteiger partial charge on any atom is 0.344 e. The molecule has 0 aromatic heterocycles. The summed E-state index contributed by atoms with van der Waals surface area (Å²) in [7, 11) is 0. The van der Waals surface area contributed by atoms with E-state index in [0.717, 1.165) is 17.3 Å². The number of carbonyl (C=O) groups excluding carboxylic acids is 3. The number of imide groups is 1. The average Bonchev–Trinajstić information content (AvgIpc) is 3.06. The molecule has 0 unspecified atom stereocenters. The molecule has 0 aliphatic carbocycles. The van der Waals surface area contributed by atoms with Crippen LogP contribution in [0, 0.1) is 6.92 Å². The van der Waals surface area contributed by atoms with Gasteiger partial charge in [0.05, 0.1) is 24.7 Å². The number of ether oxygens (including phenoxy) is 4. The minimum Gasteiger partial charge on any atom is -0.492 e. The fraction of sp³-hybridized carbons (Fsp3) is 0.320. The average molecular weight is 486 g/mol. The van der Waals surface area contributed by atoms with Crippen LogP contribution in [0.25, 0.3) is 6.08 Å². The first kappa shape index (κ1) is 25.2. The van der Waals surface area contributed by atoms with Crippen molar-refractivity contribution < 1.29 is 33.3 Å². The van der Waals surface area contributed by atoms with Crippen LogP contribution in [0.4, 0.5) is 4.79 Å². The number of benzene rings is 2. The Balaban J connectivity index is 1.65. The lowest BCUT2D eigenvalue weighted by atomic mass is 10.2. The lowest BCUT2D eigenvalue weighted by Crippen LogP contribution is -2.32. The van der Waals surface area contributed by atoms with E-state index in [9.17, 15) is 14.4 Å². The van der Waals surface area contributed by atoms with E-state index < -0.39 is 5.97 Å². The smallest absolute Gasteiger partial charge is 0.344 e. The summed E-state index contributed by atoms with van der Waals surface area (Å²) in [6, 6.07) is 12.6.